The van der Waals surface area contributed by atoms with Gasteiger partial charge in [0.2, 0.25) is 5.91 Å². The fourth-order valence-electron chi connectivity index (χ4n) is 5.55. The zero-order valence-corrected chi connectivity index (χ0v) is 20.0. The van der Waals surface area contributed by atoms with Crippen LogP contribution >= 0.6 is 0 Å². The second kappa shape index (κ2) is 8.82. The number of hydrogen-bond donors (Lipinski definition) is 4. The number of aromatic nitrogens is 1. The number of piperidine rings is 1. The van der Waals surface area contributed by atoms with Crippen LogP contribution in [0.5, 0.6) is 0 Å². The topological polar surface area (TPSA) is 106 Å². The van der Waals surface area contributed by atoms with Crippen molar-refractivity contribution >= 4 is 28.7 Å². The van der Waals surface area contributed by atoms with E-state index in [1.807, 2.05) is 30.5 Å². The fraction of sp³-hybridized carbons (Fsp3) is 0.560. The van der Waals surface area contributed by atoms with Crippen LogP contribution in [0.3, 0.4) is 0 Å². The highest BCUT2D eigenvalue weighted by Gasteiger charge is 2.39. The normalized spacial score (nSPS) is 22.5. The number of urea groups is 1. The molecule has 2 aromatic rings. The summed E-state index contributed by atoms with van der Waals surface area (Å²) >= 11 is 0. The quantitative estimate of drug-likeness (QED) is 0.484. The van der Waals surface area contributed by atoms with Crippen LogP contribution in [0.25, 0.3) is 10.9 Å². The first-order chi connectivity index (χ1) is 15.5. The molecule has 0 spiro atoms. The highest BCUT2D eigenvalue weighted by Crippen LogP contribution is 2.28. The number of carbonyl (C=O) groups is 3. The molecular weight excluding hydrogens is 418 g/mol. The van der Waals surface area contributed by atoms with Crippen molar-refractivity contribution in [2.75, 3.05) is 6.54 Å². The zero-order valence-electron chi connectivity index (χ0n) is 20.0. The standard InChI is InChI=1S/C25H35N5O3/c1-24(2)13-17(14-25(3,4)29-24)27-21(31)10-9-20-22(32)30(23(33)28-20)12-11-16-15-26-19-8-6-5-7-18(16)19/h5-8,15,17,20,26,29H,9-14H2,1-4H3,(H,27,31)(H,28,33). The predicted molar refractivity (Wildman–Crippen MR) is 128 cm³/mol. The van der Waals surface area contributed by atoms with E-state index in [2.05, 4.69) is 48.6 Å². The molecule has 8 nitrogen and oxygen atoms in total. The van der Waals surface area contributed by atoms with Gasteiger partial charge in [0.25, 0.3) is 5.91 Å². The Bertz CT molecular complexity index is 1040. The molecule has 4 amide bonds. The first-order valence-electron chi connectivity index (χ1n) is 11.8. The van der Waals surface area contributed by atoms with Crippen LogP contribution in [0.4, 0.5) is 4.79 Å². The molecule has 1 atom stereocenters. The van der Waals surface area contributed by atoms with Crippen LogP contribution in [0.15, 0.2) is 30.5 Å². The summed E-state index contributed by atoms with van der Waals surface area (Å²) in [5.41, 5.74) is 2.00. The lowest BCUT2D eigenvalue weighted by molar-refractivity contribution is -0.127. The van der Waals surface area contributed by atoms with Gasteiger partial charge in [-0.2, -0.15) is 0 Å². The number of para-hydroxylation sites is 1. The summed E-state index contributed by atoms with van der Waals surface area (Å²) in [6.07, 6.45) is 4.72. The fourth-order valence-corrected chi connectivity index (χ4v) is 5.55. The number of nitrogens with one attached hydrogen (secondary N) is 4. The molecule has 2 aliphatic rings. The predicted octanol–water partition coefficient (Wildman–Crippen LogP) is 2.84. The van der Waals surface area contributed by atoms with Crippen LogP contribution in [0.1, 0.15) is 58.9 Å². The minimum atomic E-state index is -0.646. The Morgan fingerprint density at radius 3 is 2.55 bits per heavy atom. The van der Waals surface area contributed by atoms with E-state index in [1.54, 1.807) is 0 Å². The largest absolute Gasteiger partial charge is 0.361 e. The number of hydrogen-bond acceptors (Lipinski definition) is 4. The third kappa shape index (κ3) is 5.38. The van der Waals surface area contributed by atoms with Gasteiger partial charge in [-0.05, 0) is 65.0 Å². The molecule has 2 saturated heterocycles. The molecule has 1 aromatic carbocycles. The number of fused-ring (bicyclic) bond motifs is 1. The number of carbonyl (C=O) groups excluding carboxylic acids is 3. The smallest absolute Gasteiger partial charge is 0.324 e. The maximum atomic E-state index is 12.8. The Labute approximate surface area is 194 Å². The number of rotatable bonds is 7. The number of imide groups is 1. The molecular formula is C25H35N5O3. The molecule has 33 heavy (non-hydrogen) atoms. The second-order valence-electron chi connectivity index (χ2n) is 10.7. The molecule has 4 rings (SSSR count). The van der Waals surface area contributed by atoms with Crippen LogP contribution in [-0.2, 0) is 16.0 Å². The third-order valence-corrected chi connectivity index (χ3v) is 6.60. The lowest BCUT2D eigenvalue weighted by Gasteiger charge is -2.46. The van der Waals surface area contributed by atoms with E-state index >= 15 is 0 Å². The Morgan fingerprint density at radius 2 is 1.82 bits per heavy atom. The third-order valence-electron chi connectivity index (χ3n) is 6.60. The summed E-state index contributed by atoms with van der Waals surface area (Å²) in [5.74, 6) is -0.329. The first kappa shape index (κ1) is 23.3. The van der Waals surface area contributed by atoms with Crippen molar-refractivity contribution in [1.29, 1.82) is 0 Å². The van der Waals surface area contributed by atoms with Gasteiger partial charge in [-0.3, -0.25) is 14.5 Å². The van der Waals surface area contributed by atoms with Crippen molar-refractivity contribution < 1.29 is 14.4 Å². The van der Waals surface area contributed by atoms with Crippen molar-refractivity contribution in [3.8, 4) is 0 Å². The van der Waals surface area contributed by atoms with Crippen molar-refractivity contribution in [2.45, 2.75) is 83.0 Å². The summed E-state index contributed by atoms with van der Waals surface area (Å²) in [6, 6.07) is 7.02. The Balaban J connectivity index is 1.27. The van der Waals surface area contributed by atoms with Crippen LogP contribution < -0.4 is 16.0 Å². The molecule has 8 heteroatoms. The number of H-pyrrole nitrogens is 1. The van der Waals surface area contributed by atoms with E-state index in [4.69, 9.17) is 0 Å². The van der Waals surface area contributed by atoms with Gasteiger partial charge in [-0.15, -0.1) is 0 Å². The highest BCUT2D eigenvalue weighted by molar-refractivity contribution is 6.04. The Kier molecular flexibility index (Phi) is 6.22. The molecule has 2 aliphatic heterocycles. The molecule has 0 aliphatic carbocycles. The van der Waals surface area contributed by atoms with Gasteiger partial charge in [-0.1, -0.05) is 18.2 Å². The van der Waals surface area contributed by atoms with E-state index in [0.29, 0.717) is 19.4 Å². The summed E-state index contributed by atoms with van der Waals surface area (Å²) < 4.78 is 0. The summed E-state index contributed by atoms with van der Waals surface area (Å²) in [6.45, 7) is 8.89. The molecule has 0 saturated carbocycles. The monoisotopic (exact) mass is 453 g/mol. The highest BCUT2D eigenvalue weighted by atomic mass is 16.2. The van der Waals surface area contributed by atoms with Gasteiger partial charge in [0.05, 0.1) is 0 Å². The summed E-state index contributed by atoms with van der Waals surface area (Å²) in [7, 11) is 0. The number of amides is 4. The second-order valence-corrected chi connectivity index (χ2v) is 10.7. The maximum Gasteiger partial charge on any atom is 0.324 e. The molecule has 0 radical (unpaired) electrons. The van der Waals surface area contributed by atoms with Crippen LogP contribution in [-0.4, -0.2) is 57.4 Å². The minimum absolute atomic E-state index is 0.0552. The molecule has 1 unspecified atom stereocenters. The first-order valence-corrected chi connectivity index (χ1v) is 11.8. The molecule has 0 bridgehead atoms. The van der Waals surface area contributed by atoms with Crippen LogP contribution in [0.2, 0.25) is 0 Å². The lowest BCUT2D eigenvalue weighted by Crippen LogP contribution is -2.62. The van der Waals surface area contributed by atoms with E-state index in [1.165, 1.54) is 4.90 Å². The lowest BCUT2D eigenvalue weighted by atomic mass is 9.79. The van der Waals surface area contributed by atoms with Crippen molar-refractivity contribution in [3.05, 3.63) is 36.0 Å². The van der Waals surface area contributed by atoms with E-state index < -0.39 is 6.04 Å². The van der Waals surface area contributed by atoms with E-state index in [0.717, 1.165) is 29.3 Å². The average Bonchev–Trinajstić information content (AvgIpc) is 3.23. The van der Waals surface area contributed by atoms with Gasteiger partial charge in [0, 0.05) is 47.2 Å². The minimum Gasteiger partial charge on any atom is -0.361 e. The van der Waals surface area contributed by atoms with Gasteiger partial charge >= 0.3 is 6.03 Å². The van der Waals surface area contributed by atoms with E-state index in [9.17, 15) is 14.4 Å². The van der Waals surface area contributed by atoms with Crippen molar-refractivity contribution in [1.82, 2.24) is 25.8 Å². The van der Waals surface area contributed by atoms with Crippen molar-refractivity contribution in [2.24, 2.45) is 0 Å². The Hall–Kier alpha value is -2.87. The van der Waals surface area contributed by atoms with Crippen molar-refractivity contribution in [3.63, 3.8) is 0 Å². The average molecular weight is 454 g/mol. The Morgan fingerprint density at radius 1 is 1.12 bits per heavy atom. The zero-order chi connectivity index (χ0) is 23.8. The molecule has 3 heterocycles. The molecule has 2 fully saturated rings. The molecule has 4 N–H and O–H groups in total. The summed E-state index contributed by atoms with van der Waals surface area (Å²) in [5, 5.41) is 10.6. The van der Waals surface area contributed by atoms with E-state index in [-0.39, 0.29) is 41.4 Å². The van der Waals surface area contributed by atoms with Gasteiger partial charge in [0.1, 0.15) is 6.04 Å². The van der Waals surface area contributed by atoms with Gasteiger partial charge < -0.3 is 20.9 Å². The SMILES string of the molecule is CC1(C)CC(NC(=O)CCC2NC(=O)N(CCc3c[nH]c4ccccc34)C2=O)CC(C)(C)N1. The number of aromatic amines is 1. The molecule has 178 valence electrons. The van der Waals surface area contributed by atoms with Gasteiger partial charge in [0.15, 0.2) is 0 Å². The number of benzene rings is 1. The van der Waals surface area contributed by atoms with Gasteiger partial charge in [-0.25, -0.2) is 4.79 Å². The molecule has 1 aromatic heterocycles. The number of nitrogens with zero attached hydrogens (tertiary/aromatic N) is 1. The maximum absolute atomic E-state index is 12.8. The van der Waals surface area contributed by atoms with Crippen LogP contribution in [0, 0.1) is 0 Å². The summed E-state index contributed by atoms with van der Waals surface area (Å²) in [4.78, 5) is 42.3.